The second-order valence-corrected chi connectivity index (χ2v) is 11.5. The van der Waals surface area contributed by atoms with Crippen LogP contribution in [0.1, 0.15) is 133 Å². The molecule has 0 spiro atoms. The van der Waals surface area contributed by atoms with Crippen molar-refractivity contribution in [2.24, 2.45) is 17.8 Å². The molecule has 5 unspecified atom stereocenters. The highest BCUT2D eigenvalue weighted by atomic mass is 16.5. The summed E-state index contributed by atoms with van der Waals surface area (Å²) in [6.07, 6.45) is 24.0. The van der Waals surface area contributed by atoms with Crippen LogP contribution in [0.5, 0.6) is 0 Å². The van der Waals surface area contributed by atoms with Gasteiger partial charge in [-0.3, -0.25) is 0 Å². The molecule has 0 radical (unpaired) electrons. The fourth-order valence-electron chi connectivity index (χ4n) is 7.11. The molecule has 180 valence electrons. The Morgan fingerprint density at radius 1 is 0.781 bits per heavy atom. The number of hydrogen-bond donors (Lipinski definition) is 0. The number of benzene rings is 1. The summed E-state index contributed by atoms with van der Waals surface area (Å²) in [7, 11) is 0. The van der Waals surface area contributed by atoms with Crippen LogP contribution < -0.4 is 0 Å². The van der Waals surface area contributed by atoms with E-state index in [1.54, 1.807) is 16.7 Å². The maximum Gasteiger partial charge on any atom is 0.0578 e. The van der Waals surface area contributed by atoms with Gasteiger partial charge in [-0.2, -0.15) is 0 Å². The average molecular weight is 439 g/mol. The van der Waals surface area contributed by atoms with E-state index in [1.165, 1.54) is 109 Å². The Kier molecular flexibility index (Phi) is 9.56. The van der Waals surface area contributed by atoms with Crippen molar-refractivity contribution in [3.05, 3.63) is 34.9 Å². The molecule has 1 nitrogen and oxygen atoms in total. The van der Waals surface area contributed by atoms with Gasteiger partial charge in [-0.1, -0.05) is 77.0 Å². The highest BCUT2D eigenvalue weighted by Gasteiger charge is 2.36. The van der Waals surface area contributed by atoms with Crippen LogP contribution in [0.3, 0.4) is 0 Å². The summed E-state index contributed by atoms with van der Waals surface area (Å²) in [5.74, 6) is 3.64. The molecule has 5 atom stereocenters. The van der Waals surface area contributed by atoms with Gasteiger partial charge in [-0.15, -0.1) is 0 Å². The number of hydrogen-bond acceptors (Lipinski definition) is 1. The molecule has 4 rings (SSSR count). The van der Waals surface area contributed by atoms with Gasteiger partial charge in [0.2, 0.25) is 0 Å². The second-order valence-electron chi connectivity index (χ2n) is 11.5. The quantitative estimate of drug-likeness (QED) is 0.313. The molecule has 0 heterocycles. The predicted molar refractivity (Wildman–Crippen MR) is 137 cm³/mol. The molecule has 2 fully saturated rings. The third-order valence-corrected chi connectivity index (χ3v) is 9.16. The van der Waals surface area contributed by atoms with Gasteiger partial charge >= 0.3 is 0 Å². The first kappa shape index (κ1) is 24.3. The fourth-order valence-corrected chi connectivity index (χ4v) is 7.11. The van der Waals surface area contributed by atoms with Crippen LogP contribution in [-0.4, -0.2) is 12.7 Å². The van der Waals surface area contributed by atoms with E-state index < -0.39 is 0 Å². The number of aryl methyl sites for hydroxylation is 1. The van der Waals surface area contributed by atoms with E-state index in [1.807, 2.05) is 0 Å². The molecule has 1 aromatic rings. The van der Waals surface area contributed by atoms with E-state index >= 15 is 0 Å². The second kappa shape index (κ2) is 12.6. The lowest BCUT2D eigenvalue weighted by molar-refractivity contribution is -0.0162. The summed E-state index contributed by atoms with van der Waals surface area (Å²) in [5, 5.41) is 0. The Hall–Kier alpha value is -0.820. The van der Waals surface area contributed by atoms with Crippen molar-refractivity contribution in [2.75, 3.05) is 6.61 Å². The first-order chi connectivity index (χ1) is 15.8. The first-order valence-corrected chi connectivity index (χ1v) is 14.5. The lowest BCUT2D eigenvalue weighted by Crippen LogP contribution is -2.34. The minimum Gasteiger partial charge on any atom is -0.378 e. The molecular weight excluding hydrogens is 388 g/mol. The summed E-state index contributed by atoms with van der Waals surface area (Å²) in [6, 6.07) is 7.68. The molecule has 0 bridgehead atoms. The molecule has 1 aromatic carbocycles. The topological polar surface area (TPSA) is 9.23 Å². The van der Waals surface area contributed by atoms with E-state index in [2.05, 4.69) is 32.0 Å². The SMILES string of the molecule is CCCCCCC1CCc2cc(C3CCC4CC(OCCCCC)CCC4C3)ccc2C1. The summed E-state index contributed by atoms with van der Waals surface area (Å²) in [6.45, 7) is 5.58. The van der Waals surface area contributed by atoms with Crippen molar-refractivity contribution in [2.45, 2.75) is 135 Å². The van der Waals surface area contributed by atoms with Crippen molar-refractivity contribution in [3.63, 3.8) is 0 Å². The lowest BCUT2D eigenvalue weighted by Gasteiger charge is -2.42. The zero-order valence-corrected chi connectivity index (χ0v) is 21.3. The lowest BCUT2D eigenvalue weighted by atomic mass is 9.65. The Morgan fingerprint density at radius 3 is 2.47 bits per heavy atom. The summed E-state index contributed by atoms with van der Waals surface area (Å²) < 4.78 is 6.25. The molecule has 32 heavy (non-hydrogen) atoms. The molecule has 3 aliphatic carbocycles. The molecule has 0 amide bonds. The predicted octanol–water partition coefficient (Wildman–Crippen LogP) is 9.02. The zero-order chi connectivity index (χ0) is 22.2. The normalized spacial score (nSPS) is 30.0. The highest BCUT2D eigenvalue weighted by molar-refractivity contribution is 5.36. The Balaban J connectivity index is 1.25. The minimum atomic E-state index is 0.559. The van der Waals surface area contributed by atoms with Gasteiger partial charge in [0.25, 0.3) is 0 Å². The molecule has 0 aromatic heterocycles. The standard InChI is InChI=1S/C31H50O/c1-3-5-7-8-10-24-11-12-26-21-27(14-13-25(26)20-24)28-15-16-30-23-31(18-17-29(30)22-28)32-19-9-6-4-2/h13-14,21,24,28-31H,3-12,15-20,22-23H2,1-2H3. The molecule has 0 aliphatic heterocycles. The van der Waals surface area contributed by atoms with E-state index in [-0.39, 0.29) is 0 Å². The van der Waals surface area contributed by atoms with Crippen LogP contribution in [0.25, 0.3) is 0 Å². The Labute approximate surface area is 199 Å². The maximum absolute atomic E-state index is 6.25. The zero-order valence-electron chi connectivity index (χ0n) is 21.3. The van der Waals surface area contributed by atoms with Gasteiger partial charge in [-0.05, 0) is 105 Å². The summed E-state index contributed by atoms with van der Waals surface area (Å²) >= 11 is 0. The number of fused-ring (bicyclic) bond motifs is 2. The Morgan fingerprint density at radius 2 is 1.59 bits per heavy atom. The number of unbranched alkanes of at least 4 members (excludes halogenated alkanes) is 5. The fraction of sp³-hybridized carbons (Fsp3) is 0.806. The van der Waals surface area contributed by atoms with Gasteiger partial charge in [0, 0.05) is 6.61 Å². The van der Waals surface area contributed by atoms with Crippen molar-refractivity contribution in [1.29, 1.82) is 0 Å². The molecule has 3 aliphatic rings. The molecular formula is C31H50O. The third-order valence-electron chi connectivity index (χ3n) is 9.16. The largest absolute Gasteiger partial charge is 0.378 e. The van der Waals surface area contributed by atoms with E-state index in [9.17, 15) is 0 Å². The van der Waals surface area contributed by atoms with Gasteiger partial charge in [0.15, 0.2) is 0 Å². The Bertz CT molecular complexity index is 679. The van der Waals surface area contributed by atoms with Crippen LogP contribution in [0.15, 0.2) is 18.2 Å². The van der Waals surface area contributed by atoms with Crippen LogP contribution in [-0.2, 0) is 17.6 Å². The number of ether oxygens (including phenoxy) is 1. The average Bonchev–Trinajstić information content (AvgIpc) is 2.84. The number of rotatable bonds is 11. The van der Waals surface area contributed by atoms with Crippen LogP contribution in [0.4, 0.5) is 0 Å². The summed E-state index contributed by atoms with van der Waals surface area (Å²) in [4.78, 5) is 0. The van der Waals surface area contributed by atoms with Gasteiger partial charge in [0.05, 0.1) is 6.10 Å². The van der Waals surface area contributed by atoms with Crippen molar-refractivity contribution in [1.82, 2.24) is 0 Å². The van der Waals surface area contributed by atoms with Crippen molar-refractivity contribution >= 4 is 0 Å². The monoisotopic (exact) mass is 438 g/mol. The molecule has 0 saturated heterocycles. The minimum absolute atomic E-state index is 0.559. The summed E-state index contributed by atoms with van der Waals surface area (Å²) in [5.41, 5.74) is 5.04. The van der Waals surface area contributed by atoms with Crippen LogP contribution in [0, 0.1) is 17.8 Å². The van der Waals surface area contributed by atoms with Crippen LogP contribution >= 0.6 is 0 Å². The van der Waals surface area contributed by atoms with Crippen molar-refractivity contribution < 1.29 is 4.74 Å². The van der Waals surface area contributed by atoms with Gasteiger partial charge in [-0.25, -0.2) is 0 Å². The van der Waals surface area contributed by atoms with E-state index in [4.69, 9.17) is 4.74 Å². The van der Waals surface area contributed by atoms with Gasteiger partial charge < -0.3 is 4.74 Å². The van der Waals surface area contributed by atoms with E-state index in [0.29, 0.717) is 6.10 Å². The van der Waals surface area contributed by atoms with Crippen LogP contribution in [0.2, 0.25) is 0 Å². The molecule has 0 N–H and O–H groups in total. The third kappa shape index (κ3) is 6.62. The maximum atomic E-state index is 6.25. The van der Waals surface area contributed by atoms with Gasteiger partial charge in [0.1, 0.15) is 0 Å². The van der Waals surface area contributed by atoms with Crippen molar-refractivity contribution in [3.8, 4) is 0 Å². The first-order valence-electron chi connectivity index (χ1n) is 14.5. The highest BCUT2D eigenvalue weighted by Crippen LogP contribution is 2.47. The smallest absolute Gasteiger partial charge is 0.0578 e. The van der Waals surface area contributed by atoms with E-state index in [0.717, 1.165) is 30.3 Å². The molecule has 1 heteroatoms. The molecule has 2 saturated carbocycles.